The van der Waals surface area contributed by atoms with Gasteiger partial charge in [0.1, 0.15) is 0 Å². The van der Waals surface area contributed by atoms with Gasteiger partial charge in [0.25, 0.3) is 17.5 Å². The summed E-state index contributed by atoms with van der Waals surface area (Å²) in [6.45, 7) is 1.63. The van der Waals surface area contributed by atoms with Crippen LogP contribution in [0.2, 0.25) is 0 Å². The van der Waals surface area contributed by atoms with Gasteiger partial charge in [-0.15, -0.1) is 0 Å². The second-order valence-electron chi connectivity index (χ2n) is 5.97. The molecule has 2 aromatic carbocycles. The molecule has 0 saturated heterocycles. The lowest BCUT2D eigenvalue weighted by Crippen LogP contribution is -2.24. The van der Waals surface area contributed by atoms with Gasteiger partial charge >= 0.3 is 0 Å². The maximum absolute atomic E-state index is 12.2. The van der Waals surface area contributed by atoms with E-state index in [1.807, 2.05) is 0 Å². The van der Waals surface area contributed by atoms with Gasteiger partial charge in [0, 0.05) is 42.4 Å². The number of carbonyl (C=O) groups excluding carboxylic acids is 2. The Labute approximate surface area is 157 Å². The molecule has 0 atom stereocenters. The fourth-order valence-electron chi connectivity index (χ4n) is 2.39. The maximum atomic E-state index is 12.2. The lowest BCUT2D eigenvalue weighted by molar-refractivity contribution is -0.385. The lowest BCUT2D eigenvalue weighted by Gasteiger charge is -2.09. The second-order valence-corrected chi connectivity index (χ2v) is 5.97. The monoisotopic (exact) mass is 365 g/mol. The fourth-order valence-corrected chi connectivity index (χ4v) is 2.39. The van der Waals surface area contributed by atoms with Crippen LogP contribution in [-0.2, 0) is 0 Å². The summed E-state index contributed by atoms with van der Waals surface area (Å²) >= 11 is 0. The third kappa shape index (κ3) is 4.92. The molecule has 0 unspecified atom stereocenters. The Bertz CT molecular complexity index is 938. The second kappa shape index (κ2) is 8.63. The Morgan fingerprint density at radius 2 is 1.81 bits per heavy atom. The molecule has 2 amide bonds. The van der Waals surface area contributed by atoms with Crippen molar-refractivity contribution in [3.63, 3.8) is 0 Å². The summed E-state index contributed by atoms with van der Waals surface area (Å²) in [7, 11) is 3.36. The molecule has 138 valence electrons. The molecule has 0 saturated carbocycles. The summed E-state index contributed by atoms with van der Waals surface area (Å²) in [5.74, 6) is 5.20. The van der Waals surface area contributed by atoms with Gasteiger partial charge in [0.05, 0.1) is 11.5 Å². The van der Waals surface area contributed by atoms with Gasteiger partial charge in [-0.05, 0) is 37.3 Å². The molecule has 0 aliphatic carbocycles. The van der Waals surface area contributed by atoms with E-state index in [1.54, 1.807) is 38.4 Å². The van der Waals surface area contributed by atoms with Crippen molar-refractivity contribution in [2.75, 3.05) is 20.6 Å². The Balaban J connectivity index is 1.99. The van der Waals surface area contributed by atoms with Crippen molar-refractivity contribution < 1.29 is 14.5 Å². The smallest absolute Gasteiger partial charge is 0.273 e. The van der Waals surface area contributed by atoms with Crippen molar-refractivity contribution in [1.29, 1.82) is 0 Å². The quantitative estimate of drug-likeness (QED) is 0.511. The average Bonchev–Trinajstić information content (AvgIpc) is 2.64. The molecule has 1 N–H and O–H groups in total. The number of nitrogens with zero attached hydrogens (tertiary/aromatic N) is 2. The molecular formula is C20H19N3O4. The lowest BCUT2D eigenvalue weighted by atomic mass is 10.1. The minimum atomic E-state index is -0.517. The molecule has 7 heteroatoms. The van der Waals surface area contributed by atoms with E-state index in [0.29, 0.717) is 16.7 Å². The first-order valence-corrected chi connectivity index (χ1v) is 8.14. The van der Waals surface area contributed by atoms with E-state index in [0.717, 1.165) is 0 Å². The number of carbonyl (C=O) groups is 2. The Morgan fingerprint density at radius 1 is 1.15 bits per heavy atom. The number of nitrogens with one attached hydrogen (secondary N) is 1. The van der Waals surface area contributed by atoms with Crippen LogP contribution in [0.5, 0.6) is 0 Å². The molecule has 0 aliphatic heterocycles. The van der Waals surface area contributed by atoms with Crippen LogP contribution < -0.4 is 5.32 Å². The van der Waals surface area contributed by atoms with E-state index >= 15 is 0 Å². The topological polar surface area (TPSA) is 92.6 Å². The Kier molecular flexibility index (Phi) is 6.28. The first-order chi connectivity index (χ1) is 12.8. The highest BCUT2D eigenvalue weighted by Gasteiger charge is 2.17. The summed E-state index contributed by atoms with van der Waals surface area (Å²) < 4.78 is 0. The summed E-state index contributed by atoms with van der Waals surface area (Å²) in [4.78, 5) is 35.9. The zero-order valence-electron chi connectivity index (χ0n) is 15.3. The molecule has 0 spiro atoms. The zero-order chi connectivity index (χ0) is 20.0. The Morgan fingerprint density at radius 3 is 2.41 bits per heavy atom. The molecular weight excluding hydrogens is 346 g/mol. The summed E-state index contributed by atoms with van der Waals surface area (Å²) in [5, 5.41) is 13.6. The van der Waals surface area contributed by atoms with Gasteiger partial charge in [-0.1, -0.05) is 17.9 Å². The van der Waals surface area contributed by atoms with E-state index in [9.17, 15) is 19.7 Å². The minimum absolute atomic E-state index is 0.0888. The molecule has 0 aromatic heterocycles. The van der Waals surface area contributed by atoms with Gasteiger partial charge in [0.15, 0.2) is 0 Å². The van der Waals surface area contributed by atoms with Gasteiger partial charge in [-0.3, -0.25) is 19.7 Å². The summed E-state index contributed by atoms with van der Waals surface area (Å²) in [6.07, 6.45) is 0. The van der Waals surface area contributed by atoms with Crippen molar-refractivity contribution in [1.82, 2.24) is 10.2 Å². The van der Waals surface area contributed by atoms with Crippen molar-refractivity contribution in [2.45, 2.75) is 6.92 Å². The standard InChI is InChI=1S/C20H19N3O4/c1-14-17(7-4-8-18(14)23(26)27)19(24)21-13-5-6-15-9-11-16(12-10-15)20(25)22(2)3/h4,7-12H,13H2,1-3H3,(H,21,24). The van der Waals surface area contributed by atoms with Crippen LogP contribution in [-0.4, -0.2) is 42.3 Å². The van der Waals surface area contributed by atoms with Gasteiger partial charge in [0.2, 0.25) is 0 Å². The third-order valence-electron chi connectivity index (χ3n) is 3.85. The molecule has 0 bridgehead atoms. The van der Waals surface area contributed by atoms with Gasteiger partial charge < -0.3 is 10.2 Å². The molecule has 7 nitrogen and oxygen atoms in total. The van der Waals surface area contributed by atoms with Crippen LogP contribution in [0.3, 0.4) is 0 Å². The van der Waals surface area contributed by atoms with E-state index < -0.39 is 10.8 Å². The number of rotatable bonds is 4. The minimum Gasteiger partial charge on any atom is -0.345 e. The van der Waals surface area contributed by atoms with Crippen LogP contribution in [0.1, 0.15) is 31.8 Å². The number of hydrogen-bond donors (Lipinski definition) is 1. The average molecular weight is 365 g/mol. The number of nitro groups is 1. The fraction of sp³-hybridized carbons (Fsp3) is 0.200. The predicted octanol–water partition coefficient (Wildman–Crippen LogP) is 2.39. The number of nitro benzene ring substituents is 1. The van der Waals surface area contributed by atoms with E-state index in [1.165, 1.54) is 30.0 Å². The highest BCUT2D eigenvalue weighted by Crippen LogP contribution is 2.20. The first kappa shape index (κ1) is 19.7. The molecule has 2 aromatic rings. The van der Waals surface area contributed by atoms with Crippen molar-refractivity contribution in [3.8, 4) is 11.8 Å². The number of hydrogen-bond acceptors (Lipinski definition) is 4. The summed E-state index contributed by atoms with van der Waals surface area (Å²) in [5.41, 5.74) is 1.75. The van der Waals surface area contributed by atoms with Crippen molar-refractivity contribution >= 4 is 17.5 Å². The Hall–Kier alpha value is -3.66. The largest absolute Gasteiger partial charge is 0.345 e. The number of benzene rings is 2. The molecule has 0 heterocycles. The van der Waals surface area contributed by atoms with Crippen LogP contribution in [0.15, 0.2) is 42.5 Å². The third-order valence-corrected chi connectivity index (χ3v) is 3.85. The SMILES string of the molecule is Cc1c(C(=O)NCC#Cc2ccc(C(=O)N(C)C)cc2)cccc1[N+](=O)[O-]. The molecule has 0 radical (unpaired) electrons. The van der Waals surface area contributed by atoms with Gasteiger partial charge in [-0.2, -0.15) is 0 Å². The first-order valence-electron chi connectivity index (χ1n) is 8.14. The van der Waals surface area contributed by atoms with Crippen molar-refractivity contribution in [3.05, 3.63) is 74.8 Å². The van der Waals surface area contributed by atoms with Gasteiger partial charge in [-0.25, -0.2) is 0 Å². The van der Waals surface area contributed by atoms with Crippen LogP contribution in [0.4, 0.5) is 5.69 Å². The predicted molar refractivity (Wildman–Crippen MR) is 102 cm³/mol. The van der Waals surface area contributed by atoms with E-state index in [4.69, 9.17) is 0 Å². The molecule has 27 heavy (non-hydrogen) atoms. The summed E-state index contributed by atoms with van der Waals surface area (Å²) in [6, 6.07) is 11.2. The van der Waals surface area contributed by atoms with Crippen LogP contribution >= 0.6 is 0 Å². The molecule has 2 rings (SSSR count). The van der Waals surface area contributed by atoms with Crippen LogP contribution in [0, 0.1) is 28.9 Å². The van der Waals surface area contributed by atoms with Crippen molar-refractivity contribution in [2.24, 2.45) is 0 Å². The number of amides is 2. The van der Waals surface area contributed by atoms with E-state index in [-0.39, 0.29) is 23.7 Å². The maximum Gasteiger partial charge on any atom is 0.273 e. The highest BCUT2D eigenvalue weighted by atomic mass is 16.6. The molecule has 0 aliphatic rings. The van der Waals surface area contributed by atoms with Crippen LogP contribution in [0.25, 0.3) is 0 Å². The molecule has 0 fully saturated rings. The zero-order valence-corrected chi connectivity index (χ0v) is 15.3. The normalized spacial score (nSPS) is 9.74. The van der Waals surface area contributed by atoms with E-state index in [2.05, 4.69) is 17.2 Å². The highest BCUT2D eigenvalue weighted by molar-refractivity contribution is 5.96.